The van der Waals surface area contributed by atoms with E-state index in [0.29, 0.717) is 19.5 Å². The summed E-state index contributed by atoms with van der Waals surface area (Å²) in [6.07, 6.45) is 16.6. The van der Waals surface area contributed by atoms with E-state index in [9.17, 15) is 5.26 Å². The van der Waals surface area contributed by atoms with Crippen molar-refractivity contribution in [2.75, 3.05) is 31.5 Å². The monoisotopic (exact) mass is 586 g/mol. The van der Waals surface area contributed by atoms with Gasteiger partial charge in [0.15, 0.2) is 0 Å². The number of nitrogens with one attached hydrogen (secondary N) is 3. The van der Waals surface area contributed by atoms with E-state index in [1.807, 2.05) is 45.9 Å². The summed E-state index contributed by atoms with van der Waals surface area (Å²) in [5.74, 6) is 0.786. The molecule has 0 bridgehead atoms. The topological polar surface area (TPSA) is 84.6 Å². The van der Waals surface area contributed by atoms with Gasteiger partial charge in [0.25, 0.3) is 0 Å². The van der Waals surface area contributed by atoms with E-state index in [4.69, 9.17) is 4.99 Å². The van der Waals surface area contributed by atoms with Crippen molar-refractivity contribution in [1.82, 2.24) is 10.6 Å². The molecule has 0 aromatic heterocycles. The second-order valence-electron chi connectivity index (χ2n) is 10.1. The van der Waals surface area contributed by atoms with E-state index in [0.717, 1.165) is 78.4 Å². The highest BCUT2D eigenvalue weighted by Crippen LogP contribution is 2.31. The molecule has 0 aliphatic heterocycles. The molecule has 0 saturated heterocycles. The molecule has 6 heteroatoms. The molecule has 43 heavy (non-hydrogen) atoms. The molecule has 0 heterocycles. The van der Waals surface area contributed by atoms with Crippen molar-refractivity contribution >= 4 is 23.9 Å². The van der Waals surface area contributed by atoms with E-state index < -0.39 is 0 Å². The highest BCUT2D eigenvalue weighted by Gasteiger charge is 2.13. The quantitative estimate of drug-likeness (QED) is 0.0856. The Morgan fingerprint density at radius 2 is 1.84 bits per heavy atom. The smallest absolute Gasteiger partial charge is 0.128 e. The minimum atomic E-state index is -0.134. The molecule has 0 amide bonds. The third-order valence-electron chi connectivity index (χ3n) is 6.47. The number of benzene rings is 1. The standard InChI is InChI=1S/C35H52N6.C2H6/c1-9-14-17-27(6)18-19-29(24-36)25-40-32(16-11-3)30(15-10-2)26-41-33-23-31(22-28(7)34(33)37-8)35(38-20-12-4)39-21-13-5;1-2/h9,11,14,16-18,22-23,29,40-41H,1,8,10,12-13,15,19-21,25-26H2,2-7H3,(H,38,39);1-2H3/b16-11-,17-14-,27-18-,32-30-;. The first-order valence-corrected chi connectivity index (χ1v) is 16.0. The lowest BCUT2D eigenvalue weighted by Gasteiger charge is -2.20. The SMILES string of the molecule is C=C/C=C\C(C)=C/CC(C#N)CNC(/C=C\C)=C(/CCC)CNc1cc(C(=NCCC)NCCC)cc(C)c1N=C.CC. The predicted octanol–water partition coefficient (Wildman–Crippen LogP) is 9.36. The fraction of sp³-hybridized carbons (Fsp3) is 0.486. The predicted molar refractivity (Wildman–Crippen MR) is 192 cm³/mol. The fourth-order valence-corrected chi connectivity index (χ4v) is 4.30. The summed E-state index contributed by atoms with van der Waals surface area (Å²) < 4.78 is 0. The Morgan fingerprint density at radius 1 is 1.09 bits per heavy atom. The number of nitriles is 1. The number of aryl methyl sites for hydroxylation is 1. The average Bonchev–Trinajstić information content (AvgIpc) is 3.02. The summed E-state index contributed by atoms with van der Waals surface area (Å²) >= 11 is 0. The van der Waals surface area contributed by atoms with Gasteiger partial charge in [-0.05, 0) is 82.5 Å². The Bertz CT molecular complexity index is 1160. The molecule has 1 rings (SSSR count). The van der Waals surface area contributed by atoms with Gasteiger partial charge in [-0.1, -0.05) is 83.6 Å². The first-order valence-electron chi connectivity index (χ1n) is 16.0. The summed E-state index contributed by atoms with van der Waals surface area (Å²) in [5, 5.41) is 20.5. The number of hydrogen-bond donors (Lipinski definition) is 3. The van der Waals surface area contributed by atoms with E-state index in [2.05, 4.69) is 92.3 Å². The van der Waals surface area contributed by atoms with Crippen LogP contribution in [0.4, 0.5) is 11.4 Å². The molecule has 0 aliphatic carbocycles. The van der Waals surface area contributed by atoms with E-state index in [1.165, 1.54) is 5.57 Å². The van der Waals surface area contributed by atoms with Gasteiger partial charge in [-0.2, -0.15) is 5.26 Å². The molecule has 236 valence electrons. The van der Waals surface area contributed by atoms with E-state index >= 15 is 0 Å². The van der Waals surface area contributed by atoms with Gasteiger partial charge in [-0.3, -0.25) is 9.98 Å². The van der Waals surface area contributed by atoms with Crippen LogP contribution in [-0.4, -0.2) is 38.7 Å². The van der Waals surface area contributed by atoms with Crippen molar-refractivity contribution < 1.29 is 0 Å². The third kappa shape index (κ3) is 15.3. The first-order chi connectivity index (χ1) is 20.9. The van der Waals surface area contributed by atoms with Crippen molar-refractivity contribution in [3.63, 3.8) is 0 Å². The van der Waals surface area contributed by atoms with Crippen molar-refractivity contribution in [3.8, 4) is 6.07 Å². The van der Waals surface area contributed by atoms with Crippen LogP contribution in [0.2, 0.25) is 0 Å². The van der Waals surface area contributed by atoms with Gasteiger partial charge in [-0.15, -0.1) is 0 Å². The maximum atomic E-state index is 9.78. The van der Waals surface area contributed by atoms with Crippen LogP contribution in [0.1, 0.15) is 91.7 Å². The molecule has 3 N–H and O–H groups in total. The number of anilines is 1. The maximum absolute atomic E-state index is 9.78. The van der Waals surface area contributed by atoms with Crippen molar-refractivity contribution in [2.45, 2.75) is 87.5 Å². The van der Waals surface area contributed by atoms with Gasteiger partial charge in [0.05, 0.1) is 23.4 Å². The van der Waals surface area contributed by atoms with Gasteiger partial charge in [0, 0.05) is 37.4 Å². The molecular formula is C37H58N6. The van der Waals surface area contributed by atoms with E-state index in [-0.39, 0.29) is 5.92 Å². The highest BCUT2D eigenvalue weighted by molar-refractivity contribution is 6.00. The number of allylic oxidation sites excluding steroid dienone is 7. The Balaban J connectivity index is 0.00000862. The molecule has 0 aliphatic rings. The van der Waals surface area contributed by atoms with Gasteiger partial charge in [0.2, 0.25) is 0 Å². The molecule has 0 spiro atoms. The molecule has 0 fully saturated rings. The third-order valence-corrected chi connectivity index (χ3v) is 6.47. The second kappa shape index (κ2) is 24.7. The van der Waals surface area contributed by atoms with Crippen LogP contribution in [0.15, 0.2) is 82.0 Å². The van der Waals surface area contributed by atoms with Crippen molar-refractivity contribution in [3.05, 3.63) is 83.1 Å². The average molecular weight is 587 g/mol. The van der Waals surface area contributed by atoms with Gasteiger partial charge in [0.1, 0.15) is 5.84 Å². The highest BCUT2D eigenvalue weighted by atomic mass is 15.0. The molecule has 0 saturated carbocycles. The number of rotatable bonds is 19. The summed E-state index contributed by atoms with van der Waals surface area (Å²) in [5.41, 5.74) is 7.34. The van der Waals surface area contributed by atoms with Crippen LogP contribution in [-0.2, 0) is 0 Å². The number of hydrogen-bond acceptors (Lipinski definition) is 5. The molecular weight excluding hydrogens is 528 g/mol. The van der Waals surface area contributed by atoms with Crippen LogP contribution in [0.5, 0.6) is 0 Å². The Morgan fingerprint density at radius 3 is 2.42 bits per heavy atom. The first kappa shape index (κ1) is 39.1. The second-order valence-corrected chi connectivity index (χ2v) is 10.1. The lowest BCUT2D eigenvalue weighted by Crippen LogP contribution is -2.26. The lowest BCUT2D eigenvalue weighted by molar-refractivity contribution is 0.618. The minimum absolute atomic E-state index is 0.134. The molecule has 1 atom stereocenters. The van der Waals surface area contributed by atoms with Crippen molar-refractivity contribution in [2.24, 2.45) is 15.9 Å². The molecule has 1 unspecified atom stereocenters. The number of amidine groups is 1. The van der Waals surface area contributed by atoms with Crippen LogP contribution in [0.25, 0.3) is 0 Å². The summed E-state index contributed by atoms with van der Waals surface area (Å²) in [7, 11) is 0. The maximum Gasteiger partial charge on any atom is 0.128 e. The Labute approximate surface area is 263 Å². The van der Waals surface area contributed by atoms with Gasteiger partial charge in [-0.25, -0.2) is 0 Å². The molecule has 1 aromatic rings. The van der Waals surface area contributed by atoms with Crippen LogP contribution in [0.3, 0.4) is 0 Å². The van der Waals surface area contributed by atoms with E-state index in [1.54, 1.807) is 6.08 Å². The van der Waals surface area contributed by atoms with Gasteiger partial charge >= 0.3 is 0 Å². The molecule has 1 aromatic carbocycles. The minimum Gasteiger partial charge on any atom is -0.384 e. The van der Waals surface area contributed by atoms with Crippen LogP contribution < -0.4 is 16.0 Å². The van der Waals surface area contributed by atoms with Crippen molar-refractivity contribution in [1.29, 1.82) is 5.26 Å². The normalized spacial score (nSPS) is 13.1. The van der Waals surface area contributed by atoms with Crippen LogP contribution in [0, 0.1) is 24.2 Å². The largest absolute Gasteiger partial charge is 0.384 e. The summed E-state index contributed by atoms with van der Waals surface area (Å²) in [6, 6.07) is 6.72. The zero-order valence-electron chi connectivity index (χ0n) is 28.3. The molecule has 0 radical (unpaired) electrons. The van der Waals surface area contributed by atoms with Gasteiger partial charge < -0.3 is 16.0 Å². The summed E-state index contributed by atoms with van der Waals surface area (Å²) in [4.78, 5) is 9.17. The fourth-order valence-electron chi connectivity index (χ4n) is 4.30. The Hall–Kier alpha value is -3.85. The zero-order valence-corrected chi connectivity index (χ0v) is 28.3. The lowest BCUT2D eigenvalue weighted by atomic mass is 10.0. The Kier molecular flexibility index (Phi) is 22.5. The number of aliphatic imine (C=N–C) groups is 2. The van der Waals surface area contributed by atoms with Crippen LogP contribution >= 0.6 is 0 Å². The summed E-state index contributed by atoms with van der Waals surface area (Å²) in [6.45, 7) is 27.0. The zero-order chi connectivity index (χ0) is 32.5. The molecule has 6 nitrogen and oxygen atoms in total. The number of nitrogens with zero attached hydrogens (tertiary/aromatic N) is 3.